The second kappa shape index (κ2) is 4.23. The quantitative estimate of drug-likeness (QED) is 0.561. The molecule has 1 heterocycles. The largest absolute Gasteiger partial charge is 0.479 e. The monoisotopic (exact) mass is 219 g/mol. The summed E-state index contributed by atoms with van der Waals surface area (Å²) in [6.45, 7) is 0. The molecular formula is C8H7ClFNO3. The number of hydrogen-bond acceptors (Lipinski definition) is 4. The van der Waals surface area contributed by atoms with E-state index in [0.717, 1.165) is 6.07 Å². The first-order valence-electron chi connectivity index (χ1n) is 3.58. The third-order valence-electron chi connectivity index (χ3n) is 1.50. The molecule has 0 atom stereocenters. The highest BCUT2D eigenvalue weighted by atomic mass is 35.5. The second-order valence-corrected chi connectivity index (χ2v) is 2.67. The molecule has 0 aliphatic rings. The van der Waals surface area contributed by atoms with Crippen LogP contribution in [0.2, 0.25) is 5.15 Å². The number of halogens is 2. The molecule has 0 aromatic carbocycles. The summed E-state index contributed by atoms with van der Waals surface area (Å²) in [6, 6.07) is 0.917. The van der Waals surface area contributed by atoms with E-state index < -0.39 is 11.8 Å². The van der Waals surface area contributed by atoms with Gasteiger partial charge in [0.15, 0.2) is 5.82 Å². The lowest BCUT2D eigenvalue weighted by Gasteiger charge is -2.04. The summed E-state index contributed by atoms with van der Waals surface area (Å²) in [5, 5.41) is -0.157. The Morgan fingerprint density at radius 2 is 2.21 bits per heavy atom. The van der Waals surface area contributed by atoms with Crippen LogP contribution in [-0.4, -0.2) is 25.2 Å². The molecule has 4 nitrogen and oxygen atoms in total. The maximum absolute atomic E-state index is 13.1. The molecule has 1 aromatic heterocycles. The SMILES string of the molecule is COC(=O)c1cc(F)c(OC)nc1Cl. The predicted octanol–water partition coefficient (Wildman–Crippen LogP) is 1.67. The van der Waals surface area contributed by atoms with Crippen molar-refractivity contribution >= 4 is 17.6 Å². The van der Waals surface area contributed by atoms with Gasteiger partial charge in [-0.05, 0) is 6.07 Å². The fourth-order valence-electron chi connectivity index (χ4n) is 0.847. The molecule has 0 aliphatic heterocycles. The minimum atomic E-state index is -0.766. The first-order valence-corrected chi connectivity index (χ1v) is 3.96. The summed E-state index contributed by atoms with van der Waals surface area (Å²) in [5.41, 5.74) is -0.132. The van der Waals surface area contributed by atoms with Gasteiger partial charge in [0, 0.05) is 0 Å². The van der Waals surface area contributed by atoms with Crippen molar-refractivity contribution in [1.82, 2.24) is 4.98 Å². The summed E-state index contributed by atoms with van der Waals surface area (Å²) in [5.74, 6) is -1.77. The first-order chi connectivity index (χ1) is 6.60. The smallest absolute Gasteiger partial charge is 0.341 e. The molecule has 1 rings (SSSR count). The zero-order valence-corrected chi connectivity index (χ0v) is 8.26. The summed E-state index contributed by atoms with van der Waals surface area (Å²) >= 11 is 5.60. The minimum Gasteiger partial charge on any atom is -0.479 e. The average molecular weight is 220 g/mol. The molecule has 6 heteroatoms. The van der Waals surface area contributed by atoms with E-state index in [9.17, 15) is 9.18 Å². The van der Waals surface area contributed by atoms with Crippen molar-refractivity contribution in [3.8, 4) is 5.88 Å². The number of ether oxygens (including phenoxy) is 2. The number of nitrogens with zero attached hydrogens (tertiary/aromatic N) is 1. The van der Waals surface area contributed by atoms with Gasteiger partial charge in [-0.15, -0.1) is 0 Å². The number of hydrogen-bond donors (Lipinski definition) is 0. The Morgan fingerprint density at radius 1 is 1.57 bits per heavy atom. The molecular weight excluding hydrogens is 213 g/mol. The zero-order chi connectivity index (χ0) is 10.7. The third kappa shape index (κ3) is 1.93. The standard InChI is InChI=1S/C8H7ClFNO3/c1-13-7-5(10)3-4(6(9)11-7)8(12)14-2/h3H,1-2H3. The highest BCUT2D eigenvalue weighted by Crippen LogP contribution is 2.22. The third-order valence-corrected chi connectivity index (χ3v) is 1.78. The van der Waals surface area contributed by atoms with Crippen LogP contribution < -0.4 is 4.74 Å². The van der Waals surface area contributed by atoms with Crippen molar-refractivity contribution in [2.45, 2.75) is 0 Å². The molecule has 0 fully saturated rings. The Labute approximate surface area is 84.6 Å². The number of esters is 1. The number of carbonyl (C=O) groups is 1. The van der Waals surface area contributed by atoms with Crippen LogP contribution in [0, 0.1) is 5.82 Å². The van der Waals surface area contributed by atoms with Crippen molar-refractivity contribution in [2.24, 2.45) is 0 Å². The average Bonchev–Trinajstić information content (AvgIpc) is 2.19. The predicted molar refractivity (Wildman–Crippen MR) is 47.1 cm³/mol. The molecule has 0 amide bonds. The van der Waals surface area contributed by atoms with Crippen molar-refractivity contribution in [3.05, 3.63) is 22.6 Å². The van der Waals surface area contributed by atoms with E-state index in [-0.39, 0.29) is 16.6 Å². The highest BCUT2D eigenvalue weighted by Gasteiger charge is 2.16. The van der Waals surface area contributed by atoms with Gasteiger partial charge in [-0.25, -0.2) is 9.18 Å². The fraction of sp³-hybridized carbons (Fsp3) is 0.250. The van der Waals surface area contributed by atoms with Crippen molar-refractivity contribution in [3.63, 3.8) is 0 Å². The van der Waals surface area contributed by atoms with Crippen LogP contribution in [0.4, 0.5) is 4.39 Å². The van der Waals surface area contributed by atoms with Gasteiger partial charge >= 0.3 is 5.97 Å². The molecule has 0 spiro atoms. The number of aromatic nitrogens is 1. The molecule has 1 aromatic rings. The molecule has 0 aliphatic carbocycles. The lowest BCUT2D eigenvalue weighted by Crippen LogP contribution is -2.05. The maximum atomic E-state index is 13.1. The molecule has 0 N–H and O–H groups in total. The van der Waals surface area contributed by atoms with Gasteiger partial charge in [0.2, 0.25) is 0 Å². The molecule has 0 radical (unpaired) electrons. The Hall–Kier alpha value is -1.36. The summed E-state index contributed by atoms with van der Waals surface area (Å²) in [4.78, 5) is 14.6. The van der Waals surface area contributed by atoms with E-state index in [1.165, 1.54) is 14.2 Å². The van der Waals surface area contributed by atoms with Crippen molar-refractivity contribution in [2.75, 3.05) is 14.2 Å². The highest BCUT2D eigenvalue weighted by molar-refractivity contribution is 6.32. The van der Waals surface area contributed by atoms with Crippen molar-refractivity contribution in [1.29, 1.82) is 0 Å². The first kappa shape index (κ1) is 10.7. The lowest BCUT2D eigenvalue weighted by molar-refractivity contribution is 0.0599. The van der Waals surface area contributed by atoms with Gasteiger partial charge in [0.1, 0.15) is 10.7 Å². The van der Waals surface area contributed by atoms with Crippen molar-refractivity contribution < 1.29 is 18.7 Å². The Bertz CT molecular complexity index is 370. The number of rotatable bonds is 2. The lowest BCUT2D eigenvalue weighted by atomic mass is 10.3. The van der Waals surface area contributed by atoms with Gasteiger partial charge in [0.05, 0.1) is 14.2 Å². The summed E-state index contributed by atoms with van der Waals surface area (Å²) in [6.07, 6.45) is 0. The molecule has 76 valence electrons. The maximum Gasteiger partial charge on any atom is 0.341 e. The van der Waals surface area contributed by atoms with Crippen LogP contribution >= 0.6 is 11.6 Å². The summed E-state index contributed by atoms with van der Waals surface area (Å²) < 4.78 is 22.0. The van der Waals surface area contributed by atoms with E-state index in [2.05, 4.69) is 14.5 Å². The second-order valence-electron chi connectivity index (χ2n) is 2.31. The normalized spacial score (nSPS) is 9.71. The van der Waals surface area contributed by atoms with Crippen LogP contribution in [0.25, 0.3) is 0 Å². The number of pyridine rings is 1. The molecule has 0 bridgehead atoms. The Balaban J connectivity index is 3.21. The van der Waals surface area contributed by atoms with Crippen LogP contribution in [0.3, 0.4) is 0 Å². The van der Waals surface area contributed by atoms with Gasteiger partial charge in [-0.1, -0.05) is 11.6 Å². The molecule has 0 saturated carbocycles. The van der Waals surface area contributed by atoms with E-state index in [0.29, 0.717) is 0 Å². The molecule has 0 unspecified atom stereocenters. The Kier molecular flexibility index (Phi) is 3.24. The van der Waals surface area contributed by atoms with E-state index in [4.69, 9.17) is 11.6 Å². The number of methoxy groups -OCH3 is 2. The van der Waals surface area contributed by atoms with Gasteiger partial charge in [-0.3, -0.25) is 0 Å². The minimum absolute atomic E-state index is 0.132. The number of carbonyl (C=O) groups excluding carboxylic acids is 1. The van der Waals surface area contributed by atoms with E-state index in [1.807, 2.05) is 0 Å². The van der Waals surface area contributed by atoms with E-state index in [1.54, 1.807) is 0 Å². The van der Waals surface area contributed by atoms with Crippen LogP contribution in [0.5, 0.6) is 5.88 Å². The molecule has 0 saturated heterocycles. The Morgan fingerprint density at radius 3 is 2.71 bits per heavy atom. The molecule has 14 heavy (non-hydrogen) atoms. The topological polar surface area (TPSA) is 48.4 Å². The summed E-state index contributed by atoms with van der Waals surface area (Å²) in [7, 11) is 2.42. The van der Waals surface area contributed by atoms with Gasteiger partial charge in [-0.2, -0.15) is 4.98 Å². The van der Waals surface area contributed by atoms with Crippen LogP contribution in [0.15, 0.2) is 6.07 Å². The van der Waals surface area contributed by atoms with E-state index >= 15 is 0 Å². The van der Waals surface area contributed by atoms with Crippen LogP contribution in [0.1, 0.15) is 10.4 Å². The van der Waals surface area contributed by atoms with Gasteiger partial charge in [0.25, 0.3) is 5.88 Å². The van der Waals surface area contributed by atoms with Crippen LogP contribution in [-0.2, 0) is 4.74 Å². The van der Waals surface area contributed by atoms with Gasteiger partial charge < -0.3 is 9.47 Å². The zero-order valence-electron chi connectivity index (χ0n) is 7.51. The fourth-order valence-corrected chi connectivity index (χ4v) is 1.06.